The summed E-state index contributed by atoms with van der Waals surface area (Å²) in [6, 6.07) is 7.97. The van der Waals surface area contributed by atoms with Crippen molar-refractivity contribution in [2.45, 2.75) is 6.92 Å². The third-order valence-corrected chi connectivity index (χ3v) is 3.42. The van der Waals surface area contributed by atoms with Crippen molar-refractivity contribution in [2.24, 2.45) is 5.10 Å². The van der Waals surface area contributed by atoms with E-state index in [9.17, 15) is 4.39 Å². The zero-order chi connectivity index (χ0) is 16.1. The maximum atomic E-state index is 12.8. The van der Waals surface area contributed by atoms with Gasteiger partial charge in [0.05, 0.1) is 19.4 Å². The van der Waals surface area contributed by atoms with Gasteiger partial charge in [-0.25, -0.2) is 14.4 Å². The van der Waals surface area contributed by atoms with Crippen LogP contribution in [0.2, 0.25) is 0 Å². The lowest BCUT2D eigenvalue weighted by Gasteiger charge is -2.28. The number of benzene rings is 1. The normalized spacial score (nSPS) is 15.1. The summed E-state index contributed by atoms with van der Waals surface area (Å²) < 4.78 is 18.2. The number of morpholine rings is 1. The highest BCUT2D eigenvalue weighted by atomic mass is 19.1. The van der Waals surface area contributed by atoms with E-state index in [0.717, 1.165) is 24.5 Å². The van der Waals surface area contributed by atoms with E-state index < -0.39 is 0 Å². The second-order valence-corrected chi connectivity index (χ2v) is 5.18. The minimum absolute atomic E-state index is 0.267. The van der Waals surface area contributed by atoms with Gasteiger partial charge in [-0.2, -0.15) is 5.10 Å². The number of nitrogens with one attached hydrogen (secondary N) is 1. The number of anilines is 2. The zero-order valence-corrected chi connectivity index (χ0v) is 12.9. The van der Waals surface area contributed by atoms with E-state index in [4.69, 9.17) is 4.74 Å². The molecule has 0 amide bonds. The summed E-state index contributed by atoms with van der Waals surface area (Å²) >= 11 is 0. The summed E-state index contributed by atoms with van der Waals surface area (Å²) in [6.45, 7) is 4.88. The second-order valence-electron chi connectivity index (χ2n) is 5.18. The molecule has 0 radical (unpaired) electrons. The summed E-state index contributed by atoms with van der Waals surface area (Å²) in [7, 11) is 0. The quantitative estimate of drug-likeness (QED) is 0.692. The Morgan fingerprint density at radius 3 is 2.70 bits per heavy atom. The fourth-order valence-corrected chi connectivity index (χ4v) is 2.29. The van der Waals surface area contributed by atoms with E-state index >= 15 is 0 Å². The van der Waals surface area contributed by atoms with E-state index in [1.807, 2.05) is 13.0 Å². The number of rotatable bonds is 4. The predicted molar refractivity (Wildman–Crippen MR) is 87.4 cm³/mol. The third-order valence-electron chi connectivity index (χ3n) is 3.42. The maximum absolute atomic E-state index is 12.8. The standard InChI is InChI=1S/C16H18FN5O/c1-12-19-15(10-16(20-12)22-6-8-23-9-7-22)21-18-11-13-2-4-14(17)5-3-13/h2-5,10-11H,6-9H2,1H3,(H,19,20,21)/b18-11-. The number of aromatic nitrogens is 2. The molecule has 0 bridgehead atoms. The highest BCUT2D eigenvalue weighted by Gasteiger charge is 2.13. The van der Waals surface area contributed by atoms with Crippen molar-refractivity contribution in [2.75, 3.05) is 36.6 Å². The largest absolute Gasteiger partial charge is 0.378 e. The van der Waals surface area contributed by atoms with Crippen molar-refractivity contribution in [3.8, 4) is 0 Å². The van der Waals surface area contributed by atoms with Crippen LogP contribution in [0.5, 0.6) is 0 Å². The number of halogens is 1. The van der Waals surface area contributed by atoms with E-state index in [0.29, 0.717) is 24.9 Å². The lowest BCUT2D eigenvalue weighted by atomic mass is 10.2. The average Bonchev–Trinajstić information content (AvgIpc) is 2.57. The number of hydrazone groups is 1. The van der Waals surface area contributed by atoms with Gasteiger partial charge >= 0.3 is 0 Å². The number of ether oxygens (including phenoxy) is 1. The van der Waals surface area contributed by atoms with Crippen LogP contribution >= 0.6 is 0 Å². The fourth-order valence-electron chi connectivity index (χ4n) is 2.29. The van der Waals surface area contributed by atoms with Crippen LogP contribution in [0.3, 0.4) is 0 Å². The highest BCUT2D eigenvalue weighted by molar-refractivity contribution is 5.80. The molecule has 2 heterocycles. The molecule has 1 N–H and O–H groups in total. The molecule has 0 saturated carbocycles. The first-order valence-corrected chi connectivity index (χ1v) is 7.44. The van der Waals surface area contributed by atoms with Crippen LogP contribution in [0.4, 0.5) is 16.0 Å². The average molecular weight is 315 g/mol. The van der Waals surface area contributed by atoms with Crippen molar-refractivity contribution < 1.29 is 9.13 Å². The molecule has 0 unspecified atom stereocenters. The molecule has 3 rings (SSSR count). The van der Waals surface area contributed by atoms with Gasteiger partial charge in [-0.3, -0.25) is 5.43 Å². The summed E-state index contributed by atoms with van der Waals surface area (Å²) in [5, 5.41) is 4.14. The predicted octanol–water partition coefficient (Wildman–Crippen LogP) is 2.21. The van der Waals surface area contributed by atoms with Crippen LogP contribution in [-0.4, -0.2) is 42.5 Å². The molecule has 1 aliphatic heterocycles. The Labute approximate surface area is 134 Å². The molecule has 0 aliphatic carbocycles. The first-order valence-electron chi connectivity index (χ1n) is 7.44. The molecule has 6 nitrogen and oxygen atoms in total. The van der Waals surface area contributed by atoms with Gasteiger partial charge in [-0.15, -0.1) is 0 Å². The van der Waals surface area contributed by atoms with Gasteiger partial charge in [0.1, 0.15) is 17.5 Å². The number of hydrogen-bond donors (Lipinski definition) is 1. The Bertz CT molecular complexity index is 683. The van der Waals surface area contributed by atoms with Crippen LogP contribution in [0.15, 0.2) is 35.4 Å². The number of nitrogens with zero attached hydrogens (tertiary/aromatic N) is 4. The Morgan fingerprint density at radius 2 is 1.96 bits per heavy atom. The van der Waals surface area contributed by atoms with Gasteiger partial charge < -0.3 is 9.64 Å². The molecule has 2 aromatic rings. The lowest BCUT2D eigenvalue weighted by Crippen LogP contribution is -2.36. The van der Waals surface area contributed by atoms with E-state index in [2.05, 4.69) is 25.4 Å². The zero-order valence-electron chi connectivity index (χ0n) is 12.9. The smallest absolute Gasteiger partial charge is 0.152 e. The van der Waals surface area contributed by atoms with E-state index in [-0.39, 0.29) is 5.82 Å². The SMILES string of the molecule is Cc1nc(N/N=C\c2ccc(F)cc2)cc(N2CCOCC2)n1. The molecule has 0 spiro atoms. The van der Waals surface area contributed by atoms with Gasteiger partial charge in [0.2, 0.25) is 0 Å². The molecule has 0 atom stereocenters. The molecule has 1 aromatic heterocycles. The minimum Gasteiger partial charge on any atom is -0.378 e. The monoisotopic (exact) mass is 315 g/mol. The van der Waals surface area contributed by atoms with Gasteiger partial charge in [-0.05, 0) is 24.6 Å². The van der Waals surface area contributed by atoms with Crippen LogP contribution < -0.4 is 10.3 Å². The molecule has 1 aromatic carbocycles. The molecule has 1 saturated heterocycles. The second kappa shape index (κ2) is 7.15. The summed E-state index contributed by atoms with van der Waals surface area (Å²) in [4.78, 5) is 10.9. The lowest BCUT2D eigenvalue weighted by molar-refractivity contribution is 0.122. The fraction of sp³-hybridized carbons (Fsp3) is 0.312. The minimum atomic E-state index is -0.267. The van der Waals surface area contributed by atoms with Crippen molar-refractivity contribution in [1.82, 2.24) is 9.97 Å². The Hall–Kier alpha value is -2.54. The Kier molecular flexibility index (Phi) is 4.77. The Balaban J connectivity index is 1.69. The number of hydrogen-bond acceptors (Lipinski definition) is 6. The first-order chi connectivity index (χ1) is 11.2. The van der Waals surface area contributed by atoms with Crippen LogP contribution in [0, 0.1) is 12.7 Å². The maximum Gasteiger partial charge on any atom is 0.152 e. The number of aryl methyl sites for hydroxylation is 1. The molecule has 120 valence electrons. The van der Waals surface area contributed by atoms with Crippen molar-refractivity contribution >= 4 is 17.9 Å². The van der Waals surface area contributed by atoms with Crippen LogP contribution in [0.25, 0.3) is 0 Å². The van der Waals surface area contributed by atoms with Gasteiger partial charge in [0, 0.05) is 19.2 Å². The Morgan fingerprint density at radius 1 is 1.22 bits per heavy atom. The summed E-state index contributed by atoms with van der Waals surface area (Å²) in [5.41, 5.74) is 3.70. The van der Waals surface area contributed by atoms with Gasteiger partial charge in [-0.1, -0.05) is 12.1 Å². The van der Waals surface area contributed by atoms with Crippen molar-refractivity contribution in [3.63, 3.8) is 0 Å². The van der Waals surface area contributed by atoms with Crippen molar-refractivity contribution in [1.29, 1.82) is 0 Å². The summed E-state index contributed by atoms with van der Waals surface area (Å²) in [6.07, 6.45) is 1.62. The van der Waals surface area contributed by atoms with E-state index in [1.165, 1.54) is 12.1 Å². The highest BCUT2D eigenvalue weighted by Crippen LogP contribution is 2.17. The van der Waals surface area contributed by atoms with Crippen molar-refractivity contribution in [3.05, 3.63) is 47.5 Å². The molecule has 7 heteroatoms. The van der Waals surface area contributed by atoms with Gasteiger partial charge in [0.15, 0.2) is 5.82 Å². The molecule has 1 fully saturated rings. The molecule has 23 heavy (non-hydrogen) atoms. The van der Waals surface area contributed by atoms with Gasteiger partial charge in [0.25, 0.3) is 0 Å². The first kappa shape index (κ1) is 15.4. The van der Waals surface area contributed by atoms with E-state index in [1.54, 1.807) is 18.3 Å². The van der Waals surface area contributed by atoms with Crippen LogP contribution in [0.1, 0.15) is 11.4 Å². The third kappa shape index (κ3) is 4.23. The molecule has 1 aliphatic rings. The van der Waals surface area contributed by atoms with Crippen LogP contribution in [-0.2, 0) is 4.74 Å². The topological polar surface area (TPSA) is 62.6 Å². The summed E-state index contributed by atoms with van der Waals surface area (Å²) in [5.74, 6) is 1.89. The molecular weight excluding hydrogens is 297 g/mol. The molecular formula is C16H18FN5O.